The second-order valence-corrected chi connectivity index (χ2v) is 11.8. The van der Waals surface area contributed by atoms with Gasteiger partial charge in [0, 0.05) is 37.3 Å². The number of Topliss-reactive ketones (excluding diaryl/α,β-unsaturated/α-hetero) is 1. The summed E-state index contributed by atoms with van der Waals surface area (Å²) in [5.41, 5.74) is 10.1. The van der Waals surface area contributed by atoms with E-state index in [4.69, 9.17) is 43.9 Å². The molecule has 0 spiro atoms. The summed E-state index contributed by atoms with van der Waals surface area (Å²) in [4.78, 5) is 28.3. The molecule has 7 N–H and O–H groups in total. The monoisotopic (exact) mass is 653 g/mol. The number of hydrogen-bond acceptors (Lipinski definition) is 8. The number of nitrogens with one attached hydrogen (secondary N) is 2. The van der Waals surface area contributed by atoms with Crippen molar-refractivity contribution in [3.05, 3.63) is 95.1 Å². The lowest BCUT2D eigenvalue weighted by Gasteiger charge is -2.33. The van der Waals surface area contributed by atoms with E-state index in [-0.39, 0.29) is 24.6 Å². The summed E-state index contributed by atoms with van der Waals surface area (Å²) in [6.45, 7) is 3.72. The van der Waals surface area contributed by atoms with Crippen LogP contribution >= 0.6 is 0 Å². The SMILES string of the molecule is CC(=N)N1CCC(c2ccc(CC(=O)CN(Cc3cccc(OCC(=O)O)c3)c3cccc(C(=N)N)c3)cc2)CC1.O=S(=O)(O)O. The van der Waals surface area contributed by atoms with Gasteiger partial charge in [0.15, 0.2) is 12.4 Å². The minimum absolute atomic E-state index is 0.0408. The molecule has 0 aliphatic carbocycles. The fourth-order valence-corrected chi connectivity index (χ4v) is 5.16. The van der Waals surface area contributed by atoms with E-state index in [9.17, 15) is 9.59 Å². The zero-order chi connectivity index (χ0) is 33.9. The summed E-state index contributed by atoms with van der Waals surface area (Å²) in [5, 5.41) is 24.6. The van der Waals surface area contributed by atoms with E-state index in [0.29, 0.717) is 29.6 Å². The molecule has 0 unspecified atom stereocenters. The van der Waals surface area contributed by atoms with E-state index in [0.717, 1.165) is 42.7 Å². The van der Waals surface area contributed by atoms with Crippen molar-refractivity contribution in [2.24, 2.45) is 5.73 Å². The van der Waals surface area contributed by atoms with Gasteiger partial charge in [-0.3, -0.25) is 24.7 Å². The van der Waals surface area contributed by atoms with Crippen molar-refractivity contribution in [3.8, 4) is 5.75 Å². The summed E-state index contributed by atoms with van der Waals surface area (Å²) in [5.74, 6) is 0.459. The predicted molar refractivity (Wildman–Crippen MR) is 174 cm³/mol. The molecular formula is C32H39N5O8S. The van der Waals surface area contributed by atoms with Gasteiger partial charge < -0.3 is 25.4 Å². The molecular weight excluding hydrogens is 614 g/mol. The van der Waals surface area contributed by atoms with E-state index in [2.05, 4.69) is 17.0 Å². The predicted octanol–water partition coefficient (Wildman–Crippen LogP) is 3.78. The minimum Gasteiger partial charge on any atom is -0.482 e. The Balaban J connectivity index is 0.00000107. The number of nitrogens with two attached hydrogens (primary N) is 1. The van der Waals surface area contributed by atoms with E-state index in [1.165, 1.54) is 5.56 Å². The maximum Gasteiger partial charge on any atom is 0.394 e. The van der Waals surface area contributed by atoms with Gasteiger partial charge in [-0.05, 0) is 66.6 Å². The molecule has 0 saturated carbocycles. The van der Waals surface area contributed by atoms with E-state index in [1.807, 2.05) is 42.2 Å². The van der Waals surface area contributed by atoms with Gasteiger partial charge in [0.1, 0.15) is 11.6 Å². The van der Waals surface area contributed by atoms with Crippen LogP contribution in [0.1, 0.15) is 47.9 Å². The Morgan fingerprint density at radius 2 is 1.61 bits per heavy atom. The summed E-state index contributed by atoms with van der Waals surface area (Å²) in [6, 6.07) is 22.7. The Labute approximate surface area is 268 Å². The number of nitrogen functional groups attached to an aromatic ring is 1. The van der Waals surface area contributed by atoms with Crippen LogP contribution in [-0.2, 0) is 33.0 Å². The van der Waals surface area contributed by atoms with Crippen LogP contribution < -0.4 is 15.4 Å². The Morgan fingerprint density at radius 1 is 0.978 bits per heavy atom. The summed E-state index contributed by atoms with van der Waals surface area (Å²) >= 11 is 0. The topological polar surface area (TPSA) is 218 Å². The van der Waals surface area contributed by atoms with Gasteiger partial charge in [0.05, 0.1) is 12.4 Å². The molecule has 3 aromatic carbocycles. The molecule has 14 heteroatoms. The van der Waals surface area contributed by atoms with Gasteiger partial charge in [0.2, 0.25) is 0 Å². The number of carboxylic acid groups (broad SMARTS) is 1. The van der Waals surface area contributed by atoms with Gasteiger partial charge in [-0.15, -0.1) is 0 Å². The number of benzene rings is 3. The van der Waals surface area contributed by atoms with Crippen LogP contribution in [-0.4, -0.2) is 77.2 Å². The second kappa shape index (κ2) is 16.5. The third-order valence-electron chi connectivity index (χ3n) is 7.35. The Bertz CT molecular complexity index is 1630. The van der Waals surface area contributed by atoms with Crippen molar-refractivity contribution >= 4 is 39.5 Å². The van der Waals surface area contributed by atoms with Crippen molar-refractivity contribution in [1.29, 1.82) is 10.8 Å². The molecule has 4 rings (SSSR count). The third-order valence-corrected chi connectivity index (χ3v) is 7.35. The number of carboxylic acids is 1. The highest BCUT2D eigenvalue weighted by atomic mass is 32.3. The average Bonchev–Trinajstić information content (AvgIpc) is 2.99. The molecule has 246 valence electrons. The lowest BCUT2D eigenvalue weighted by molar-refractivity contribution is -0.139. The first-order chi connectivity index (χ1) is 21.7. The first-order valence-electron chi connectivity index (χ1n) is 14.4. The largest absolute Gasteiger partial charge is 0.482 e. The zero-order valence-corrected chi connectivity index (χ0v) is 26.2. The highest BCUT2D eigenvalue weighted by molar-refractivity contribution is 7.79. The molecule has 0 radical (unpaired) electrons. The Kier molecular flexibility index (Phi) is 12.8. The number of ether oxygens (including phenoxy) is 1. The van der Waals surface area contributed by atoms with Crippen molar-refractivity contribution in [2.75, 3.05) is 31.1 Å². The van der Waals surface area contributed by atoms with Gasteiger partial charge in [-0.1, -0.05) is 48.5 Å². The number of piperidine rings is 1. The number of rotatable bonds is 12. The number of amidine groups is 2. The van der Waals surface area contributed by atoms with Crippen LogP contribution in [0.2, 0.25) is 0 Å². The zero-order valence-electron chi connectivity index (χ0n) is 25.4. The molecule has 46 heavy (non-hydrogen) atoms. The fourth-order valence-electron chi connectivity index (χ4n) is 5.16. The van der Waals surface area contributed by atoms with Crippen LogP contribution in [0.25, 0.3) is 0 Å². The molecule has 1 heterocycles. The molecule has 1 fully saturated rings. The van der Waals surface area contributed by atoms with Crippen LogP contribution in [0.4, 0.5) is 5.69 Å². The number of nitrogens with zero attached hydrogens (tertiary/aromatic N) is 2. The lowest BCUT2D eigenvalue weighted by atomic mass is 9.88. The number of ketones is 1. The Hall–Kier alpha value is -4.79. The van der Waals surface area contributed by atoms with Gasteiger partial charge in [-0.2, -0.15) is 8.42 Å². The highest BCUT2D eigenvalue weighted by Gasteiger charge is 2.21. The van der Waals surface area contributed by atoms with E-state index in [1.54, 1.807) is 30.3 Å². The molecule has 0 atom stereocenters. The smallest absolute Gasteiger partial charge is 0.394 e. The summed E-state index contributed by atoms with van der Waals surface area (Å²) < 4.78 is 36.9. The van der Waals surface area contributed by atoms with Crippen molar-refractivity contribution in [3.63, 3.8) is 0 Å². The molecule has 1 saturated heterocycles. The quantitative estimate of drug-likeness (QED) is 0.0938. The second-order valence-electron chi connectivity index (χ2n) is 10.9. The molecule has 0 bridgehead atoms. The number of hydrogen-bond donors (Lipinski definition) is 6. The normalized spacial score (nSPS) is 13.2. The average molecular weight is 654 g/mol. The summed E-state index contributed by atoms with van der Waals surface area (Å²) in [6.07, 6.45) is 2.33. The number of likely N-dealkylation sites (tertiary alicyclic amines) is 1. The number of carbonyl (C=O) groups is 2. The first kappa shape index (κ1) is 35.7. The van der Waals surface area contributed by atoms with Crippen molar-refractivity contribution in [1.82, 2.24) is 4.90 Å². The van der Waals surface area contributed by atoms with Crippen LogP contribution in [0, 0.1) is 10.8 Å². The number of anilines is 1. The molecule has 0 amide bonds. The highest BCUT2D eigenvalue weighted by Crippen LogP contribution is 2.28. The van der Waals surface area contributed by atoms with Crippen LogP contribution in [0.3, 0.4) is 0 Å². The number of carbonyl (C=O) groups excluding carboxylic acids is 1. The standard InChI is InChI=1S/C32H37N5O4.H2O4S/c1-22(33)36-14-12-26(13-15-36)25-10-8-23(9-11-25)16-29(38)20-37(28-6-3-5-27(18-28)32(34)35)19-24-4-2-7-30(17-24)41-21-31(39)40;1-5(2,3)4/h2-11,17-18,26,33H,12-16,19-21H2,1H3,(H3,34,35)(H,39,40);(H2,1,2,3,4). The van der Waals surface area contributed by atoms with Gasteiger partial charge in [0.25, 0.3) is 0 Å². The number of aliphatic carboxylic acids is 1. The minimum atomic E-state index is -4.67. The maximum atomic E-state index is 13.3. The summed E-state index contributed by atoms with van der Waals surface area (Å²) in [7, 11) is -4.67. The molecule has 13 nitrogen and oxygen atoms in total. The van der Waals surface area contributed by atoms with Crippen LogP contribution in [0.5, 0.6) is 5.75 Å². The lowest BCUT2D eigenvalue weighted by Crippen LogP contribution is -2.36. The Morgan fingerprint density at radius 3 is 2.20 bits per heavy atom. The van der Waals surface area contributed by atoms with Gasteiger partial charge >= 0.3 is 16.4 Å². The van der Waals surface area contributed by atoms with Crippen LogP contribution in [0.15, 0.2) is 72.8 Å². The molecule has 3 aromatic rings. The van der Waals surface area contributed by atoms with Gasteiger partial charge in [-0.25, -0.2) is 4.79 Å². The first-order valence-corrected chi connectivity index (χ1v) is 15.8. The molecule has 1 aliphatic rings. The van der Waals surface area contributed by atoms with E-state index < -0.39 is 23.0 Å². The fraction of sp³-hybridized carbons (Fsp3) is 0.312. The van der Waals surface area contributed by atoms with Crippen molar-refractivity contribution in [2.45, 2.75) is 38.6 Å². The maximum absolute atomic E-state index is 13.3. The third kappa shape index (κ3) is 12.3. The van der Waals surface area contributed by atoms with Crippen molar-refractivity contribution < 1.29 is 37.0 Å². The molecule has 1 aliphatic heterocycles. The molecule has 0 aromatic heterocycles. The van der Waals surface area contributed by atoms with E-state index >= 15 is 0 Å².